The molecule has 0 unspecified atom stereocenters. The first-order valence-corrected chi connectivity index (χ1v) is 15.3. The van der Waals surface area contributed by atoms with Gasteiger partial charge >= 0.3 is 0 Å². The van der Waals surface area contributed by atoms with E-state index in [0.29, 0.717) is 5.56 Å². The van der Waals surface area contributed by atoms with Crippen molar-refractivity contribution < 1.29 is 0 Å². The summed E-state index contributed by atoms with van der Waals surface area (Å²) in [4.78, 5) is 10.4. The molecule has 0 fully saturated rings. The fourth-order valence-corrected chi connectivity index (χ4v) is 6.18. The fraction of sp³-hybridized carbons (Fsp3) is 0. The number of rotatable bonds is 5. The average Bonchev–Trinajstić information content (AvgIpc) is 3.14. The van der Waals surface area contributed by atoms with E-state index in [1.54, 1.807) is 0 Å². The number of hydrogen-bond donors (Lipinski definition) is 0. The highest BCUT2D eigenvalue weighted by atomic mass is 14.8. The van der Waals surface area contributed by atoms with E-state index in [-0.39, 0.29) is 0 Å². The maximum Gasteiger partial charge on any atom is 0.0991 e. The van der Waals surface area contributed by atoms with Crippen LogP contribution in [0.5, 0.6) is 0 Å². The quantitative estimate of drug-likeness (QED) is 0.202. The second-order valence-corrected chi connectivity index (χ2v) is 11.3. The normalized spacial score (nSPS) is 11.0. The molecule has 1 heterocycles. The van der Waals surface area contributed by atoms with Gasteiger partial charge in [-0.25, -0.2) is 9.97 Å². The average molecular weight is 586 g/mol. The van der Waals surface area contributed by atoms with Crippen LogP contribution in [-0.2, 0) is 0 Å². The van der Waals surface area contributed by atoms with Gasteiger partial charge in [0.1, 0.15) is 0 Å². The van der Waals surface area contributed by atoms with E-state index in [9.17, 15) is 0 Å². The van der Waals surface area contributed by atoms with E-state index in [1.165, 1.54) is 11.1 Å². The van der Waals surface area contributed by atoms with Crippen molar-refractivity contribution in [2.24, 2.45) is 0 Å². The largest absolute Gasteiger partial charge is 0.244 e. The van der Waals surface area contributed by atoms with Crippen LogP contribution in [0.4, 0.5) is 0 Å². The molecule has 0 radical (unpaired) electrons. The molecule has 0 bridgehead atoms. The summed E-state index contributed by atoms with van der Waals surface area (Å²) >= 11 is 0. The molecule has 7 aromatic carbocycles. The van der Waals surface area contributed by atoms with Crippen LogP contribution < -0.4 is 0 Å². The molecule has 0 aliphatic heterocycles. The van der Waals surface area contributed by atoms with Crippen LogP contribution in [0.2, 0.25) is 0 Å². The molecule has 3 nitrogen and oxygen atoms in total. The monoisotopic (exact) mass is 585 g/mol. The summed E-state index contributed by atoms with van der Waals surface area (Å²) in [5.41, 5.74) is 13.1. The molecule has 8 aromatic rings. The second-order valence-electron chi connectivity index (χ2n) is 11.3. The topological polar surface area (TPSA) is 49.6 Å². The summed E-state index contributed by atoms with van der Waals surface area (Å²) in [5, 5.41) is 11.4. The van der Waals surface area contributed by atoms with Crippen LogP contribution >= 0.6 is 0 Å². The standard InChI is InChI=1S/C43H27N3/c44-28-29-14-16-31(17-15-29)33-18-22-34(23-19-33)36-26-27-39(38-11-5-4-10-37(36)38)43-42(45-40-12-6-7-13-41(40)46-43)35-24-20-32(21-25-35)30-8-2-1-3-9-30/h1-27H. The fourth-order valence-electron chi connectivity index (χ4n) is 6.18. The molecule has 0 aliphatic carbocycles. The predicted molar refractivity (Wildman–Crippen MR) is 189 cm³/mol. The van der Waals surface area contributed by atoms with Crippen molar-refractivity contribution >= 4 is 21.8 Å². The van der Waals surface area contributed by atoms with Gasteiger partial charge in [-0.2, -0.15) is 5.26 Å². The van der Waals surface area contributed by atoms with Crippen molar-refractivity contribution in [2.45, 2.75) is 0 Å². The second kappa shape index (κ2) is 11.6. The minimum atomic E-state index is 0.662. The van der Waals surface area contributed by atoms with Crippen LogP contribution in [0.25, 0.3) is 77.7 Å². The first-order chi connectivity index (χ1) is 22.7. The Morgan fingerprint density at radius 3 is 1.39 bits per heavy atom. The van der Waals surface area contributed by atoms with Gasteiger partial charge in [0, 0.05) is 11.1 Å². The minimum absolute atomic E-state index is 0.662. The van der Waals surface area contributed by atoms with Crippen molar-refractivity contribution in [1.29, 1.82) is 5.26 Å². The molecule has 1 aromatic heterocycles. The first-order valence-electron chi connectivity index (χ1n) is 15.3. The van der Waals surface area contributed by atoms with E-state index in [4.69, 9.17) is 15.2 Å². The zero-order valence-electron chi connectivity index (χ0n) is 24.9. The lowest BCUT2D eigenvalue weighted by atomic mass is 9.91. The maximum absolute atomic E-state index is 9.15. The molecule has 0 aliphatic rings. The van der Waals surface area contributed by atoms with Crippen molar-refractivity contribution in [2.75, 3.05) is 0 Å². The number of hydrogen-bond acceptors (Lipinski definition) is 3. The molecular weight excluding hydrogens is 558 g/mol. The SMILES string of the molecule is N#Cc1ccc(-c2ccc(-c3ccc(-c4nc5ccccc5nc4-c4ccc(-c5ccccc5)cc4)c4ccccc34)cc2)cc1. The van der Waals surface area contributed by atoms with Crippen molar-refractivity contribution in [3.63, 3.8) is 0 Å². The van der Waals surface area contributed by atoms with Gasteiger partial charge in [0.2, 0.25) is 0 Å². The Balaban J connectivity index is 1.24. The zero-order valence-corrected chi connectivity index (χ0v) is 24.9. The molecular formula is C43H27N3. The molecule has 46 heavy (non-hydrogen) atoms. The van der Waals surface area contributed by atoms with Gasteiger partial charge in [-0.15, -0.1) is 0 Å². The van der Waals surface area contributed by atoms with Gasteiger partial charge in [-0.05, 0) is 68.4 Å². The third-order valence-corrected chi connectivity index (χ3v) is 8.56. The lowest BCUT2D eigenvalue weighted by Crippen LogP contribution is -1.97. The Kier molecular flexibility index (Phi) is 6.87. The van der Waals surface area contributed by atoms with E-state index in [0.717, 1.165) is 66.6 Å². The van der Waals surface area contributed by atoms with Gasteiger partial charge in [0.05, 0.1) is 34.1 Å². The van der Waals surface area contributed by atoms with Crippen LogP contribution in [0.1, 0.15) is 5.56 Å². The van der Waals surface area contributed by atoms with Gasteiger partial charge in [0.25, 0.3) is 0 Å². The lowest BCUT2D eigenvalue weighted by Gasteiger charge is -2.15. The van der Waals surface area contributed by atoms with Gasteiger partial charge in [-0.1, -0.05) is 140 Å². The number of fused-ring (bicyclic) bond motifs is 2. The summed E-state index contributed by atoms with van der Waals surface area (Å²) in [6.07, 6.45) is 0. The van der Waals surface area contributed by atoms with Crippen LogP contribution in [-0.4, -0.2) is 9.97 Å². The molecule has 0 saturated carbocycles. The highest BCUT2D eigenvalue weighted by Gasteiger charge is 2.17. The highest BCUT2D eigenvalue weighted by Crippen LogP contribution is 2.39. The van der Waals surface area contributed by atoms with E-state index in [2.05, 4.69) is 115 Å². The molecule has 8 rings (SSSR count). The molecule has 0 saturated heterocycles. The smallest absolute Gasteiger partial charge is 0.0991 e. The molecule has 214 valence electrons. The van der Waals surface area contributed by atoms with Crippen LogP contribution in [0.3, 0.4) is 0 Å². The minimum Gasteiger partial charge on any atom is -0.244 e. The number of nitriles is 1. The Labute approximate surface area is 267 Å². The van der Waals surface area contributed by atoms with Gasteiger partial charge in [-0.3, -0.25) is 0 Å². The predicted octanol–water partition coefficient (Wildman–Crippen LogP) is 11.0. The Morgan fingerprint density at radius 2 is 0.783 bits per heavy atom. The Bertz CT molecular complexity index is 2390. The number of aromatic nitrogens is 2. The summed E-state index contributed by atoms with van der Waals surface area (Å²) in [6, 6.07) is 58.6. The molecule has 0 amide bonds. The lowest BCUT2D eigenvalue weighted by molar-refractivity contribution is 1.30. The summed E-state index contributed by atoms with van der Waals surface area (Å²) in [7, 11) is 0. The summed E-state index contributed by atoms with van der Waals surface area (Å²) in [6.45, 7) is 0. The van der Waals surface area contributed by atoms with E-state index < -0.39 is 0 Å². The molecule has 0 atom stereocenters. The first kappa shape index (κ1) is 27.2. The Morgan fingerprint density at radius 1 is 0.348 bits per heavy atom. The van der Waals surface area contributed by atoms with Crippen molar-refractivity contribution in [3.8, 4) is 62.0 Å². The highest BCUT2D eigenvalue weighted by molar-refractivity contribution is 6.06. The maximum atomic E-state index is 9.15. The Hall–Kier alpha value is -6.37. The molecule has 0 N–H and O–H groups in total. The van der Waals surface area contributed by atoms with Crippen molar-refractivity contribution in [3.05, 3.63) is 169 Å². The van der Waals surface area contributed by atoms with E-state index >= 15 is 0 Å². The summed E-state index contributed by atoms with van der Waals surface area (Å²) < 4.78 is 0. The van der Waals surface area contributed by atoms with Crippen LogP contribution in [0, 0.1) is 11.3 Å². The number of para-hydroxylation sites is 2. The molecule has 3 heteroatoms. The number of benzene rings is 7. The summed E-state index contributed by atoms with van der Waals surface area (Å²) in [5.74, 6) is 0. The molecule has 0 spiro atoms. The van der Waals surface area contributed by atoms with Crippen LogP contribution in [0.15, 0.2) is 164 Å². The third kappa shape index (κ3) is 4.99. The number of nitrogens with zero attached hydrogens (tertiary/aromatic N) is 3. The van der Waals surface area contributed by atoms with Crippen molar-refractivity contribution in [1.82, 2.24) is 9.97 Å². The van der Waals surface area contributed by atoms with Gasteiger partial charge < -0.3 is 0 Å². The van der Waals surface area contributed by atoms with Gasteiger partial charge in [0.15, 0.2) is 0 Å². The third-order valence-electron chi connectivity index (χ3n) is 8.56. The zero-order chi connectivity index (χ0) is 30.9. The van der Waals surface area contributed by atoms with E-state index in [1.807, 2.05) is 54.6 Å².